The first-order valence-corrected chi connectivity index (χ1v) is 14.8. The Morgan fingerprint density at radius 3 is 2.83 bits per heavy atom. The minimum absolute atomic E-state index is 0.0582. The van der Waals surface area contributed by atoms with E-state index in [0.29, 0.717) is 61.0 Å². The molecule has 0 spiro atoms. The third-order valence-electron chi connectivity index (χ3n) is 6.80. The normalized spacial score (nSPS) is 16.8. The molecule has 1 aromatic carbocycles. The number of carbonyl (C=O) groups excluding carboxylic acids is 3. The summed E-state index contributed by atoms with van der Waals surface area (Å²) < 4.78 is 16.6. The molecule has 1 unspecified atom stereocenters. The van der Waals surface area contributed by atoms with Crippen LogP contribution >= 0.6 is 11.8 Å². The quantitative estimate of drug-likeness (QED) is 0.333. The number of hydrogen-bond donors (Lipinski definition) is 1. The van der Waals surface area contributed by atoms with Crippen LogP contribution in [0, 0.1) is 0 Å². The largest absolute Gasteiger partial charge is 0.481 e. The number of pyridine rings is 2. The van der Waals surface area contributed by atoms with E-state index in [2.05, 4.69) is 15.3 Å². The Morgan fingerprint density at radius 2 is 2.05 bits per heavy atom. The van der Waals surface area contributed by atoms with Crippen molar-refractivity contribution in [1.82, 2.24) is 14.9 Å². The summed E-state index contributed by atoms with van der Waals surface area (Å²) in [5, 5.41) is 2.87. The Hall–Kier alpha value is -3.90. The van der Waals surface area contributed by atoms with Gasteiger partial charge in [0.25, 0.3) is 0 Å². The van der Waals surface area contributed by atoms with Crippen molar-refractivity contribution in [2.75, 3.05) is 42.7 Å². The van der Waals surface area contributed by atoms with E-state index in [0.717, 1.165) is 16.0 Å². The second-order valence-corrected chi connectivity index (χ2v) is 12.3. The van der Waals surface area contributed by atoms with Gasteiger partial charge in [-0.25, -0.2) is 9.78 Å². The Kier molecular flexibility index (Phi) is 8.83. The van der Waals surface area contributed by atoms with Crippen molar-refractivity contribution in [2.24, 2.45) is 0 Å². The first-order chi connectivity index (χ1) is 20.1. The molecule has 222 valence electrons. The summed E-state index contributed by atoms with van der Waals surface area (Å²) in [4.78, 5) is 50.9. The highest BCUT2D eigenvalue weighted by Crippen LogP contribution is 2.35. The second kappa shape index (κ2) is 12.5. The smallest absolute Gasteiger partial charge is 0.414 e. The Balaban J connectivity index is 1.24. The highest BCUT2D eigenvalue weighted by atomic mass is 32.2. The molecule has 11 nitrogen and oxygen atoms in total. The molecule has 2 amide bonds. The number of anilines is 2. The zero-order chi connectivity index (χ0) is 29.9. The summed E-state index contributed by atoms with van der Waals surface area (Å²) in [6.45, 7) is 7.06. The Labute approximate surface area is 248 Å². The summed E-state index contributed by atoms with van der Waals surface area (Å²) in [7, 11) is 1.57. The first-order valence-electron chi connectivity index (χ1n) is 13.9. The molecule has 0 aliphatic carbocycles. The van der Waals surface area contributed by atoms with Gasteiger partial charge in [-0.2, -0.15) is 0 Å². The van der Waals surface area contributed by atoms with E-state index in [1.54, 1.807) is 24.3 Å². The van der Waals surface area contributed by atoms with Gasteiger partial charge in [0.1, 0.15) is 11.7 Å². The molecule has 2 aromatic heterocycles. The number of ether oxygens (including phenoxy) is 3. The lowest BCUT2D eigenvalue weighted by Crippen LogP contribution is -2.35. The molecule has 0 saturated carbocycles. The van der Waals surface area contributed by atoms with Gasteiger partial charge in [-0.3, -0.25) is 24.4 Å². The minimum atomic E-state index is -0.597. The number of carbonyl (C=O) groups is 3. The molecule has 1 saturated heterocycles. The molecule has 1 fully saturated rings. The van der Waals surface area contributed by atoms with Gasteiger partial charge in [-0.1, -0.05) is 0 Å². The lowest BCUT2D eigenvalue weighted by atomic mass is 10.1. The molecule has 1 N–H and O–H groups in total. The Morgan fingerprint density at radius 1 is 1.21 bits per heavy atom. The summed E-state index contributed by atoms with van der Waals surface area (Å²) in [6.07, 6.45) is 2.32. The van der Waals surface area contributed by atoms with Crippen LogP contribution in [0.5, 0.6) is 5.88 Å². The molecular weight excluding hydrogens is 558 g/mol. The maximum Gasteiger partial charge on any atom is 0.414 e. The molecular formula is C30H35N5O6S. The molecule has 1 atom stereocenters. The molecule has 12 heteroatoms. The van der Waals surface area contributed by atoms with Crippen molar-refractivity contribution in [3.63, 3.8) is 0 Å². The van der Waals surface area contributed by atoms with Gasteiger partial charge < -0.3 is 19.5 Å². The van der Waals surface area contributed by atoms with Gasteiger partial charge >= 0.3 is 12.1 Å². The highest BCUT2D eigenvalue weighted by Gasteiger charge is 2.33. The van der Waals surface area contributed by atoms with E-state index < -0.39 is 11.7 Å². The van der Waals surface area contributed by atoms with Gasteiger partial charge in [0.2, 0.25) is 11.8 Å². The number of benzene rings is 1. The van der Waals surface area contributed by atoms with Gasteiger partial charge in [-0.15, -0.1) is 11.8 Å². The van der Waals surface area contributed by atoms with Crippen molar-refractivity contribution in [2.45, 2.75) is 56.8 Å². The minimum Gasteiger partial charge on any atom is -0.481 e. The fraction of sp³-hybridized carbons (Fsp3) is 0.433. The summed E-state index contributed by atoms with van der Waals surface area (Å²) in [5.41, 5.74) is 3.16. The van der Waals surface area contributed by atoms with Gasteiger partial charge in [0.15, 0.2) is 0 Å². The van der Waals surface area contributed by atoms with Crippen LogP contribution in [0.1, 0.15) is 39.2 Å². The molecule has 2 aliphatic heterocycles. The van der Waals surface area contributed by atoms with Crippen LogP contribution in [0.25, 0.3) is 11.0 Å². The summed E-state index contributed by atoms with van der Waals surface area (Å²) in [6, 6.07) is 11.1. The lowest BCUT2D eigenvalue weighted by molar-refractivity contribution is -0.156. The molecule has 3 aromatic rings. The average molecular weight is 594 g/mol. The third kappa shape index (κ3) is 7.29. The zero-order valence-corrected chi connectivity index (χ0v) is 25.0. The van der Waals surface area contributed by atoms with Crippen LogP contribution < -0.4 is 15.0 Å². The predicted octanol–water partition coefficient (Wildman–Crippen LogP) is 4.63. The van der Waals surface area contributed by atoms with Crippen LogP contribution in [0.3, 0.4) is 0 Å². The van der Waals surface area contributed by atoms with Crippen molar-refractivity contribution in [3.8, 4) is 5.88 Å². The average Bonchev–Trinajstić information content (AvgIpc) is 3.31. The Bertz CT molecular complexity index is 1490. The number of thioether (sulfide) groups is 1. The number of hydrogen-bond acceptors (Lipinski definition) is 10. The standard InChI is InChI=1S/C30H35N5O6S/c1-30(2,3)41-27(37)17-34(15-19-11-12-31-22-8-10-26(39-4)33-28(19)22)13-5-6-21-16-35(29(38)40-21)20-7-9-24-23(14-20)32-25(36)18-42-24/h7-12,14,21H,5-6,13,15-18H2,1-4H3,(H,32,36). The molecule has 4 heterocycles. The van der Waals surface area contributed by atoms with Crippen LogP contribution in [-0.2, 0) is 25.6 Å². The van der Waals surface area contributed by atoms with Crippen LogP contribution in [0.4, 0.5) is 16.2 Å². The van der Waals surface area contributed by atoms with Crippen LogP contribution in [-0.4, -0.2) is 77.0 Å². The number of esters is 1. The number of rotatable bonds is 10. The maximum absolute atomic E-state index is 12.8. The number of methoxy groups -OCH3 is 1. The number of nitrogens with one attached hydrogen (secondary N) is 1. The molecule has 0 radical (unpaired) electrons. The molecule has 42 heavy (non-hydrogen) atoms. The maximum atomic E-state index is 12.8. The number of cyclic esters (lactones) is 1. The van der Waals surface area contributed by atoms with Crippen molar-refractivity contribution < 1.29 is 28.6 Å². The highest BCUT2D eigenvalue weighted by molar-refractivity contribution is 8.00. The van der Waals surface area contributed by atoms with Crippen molar-refractivity contribution in [1.29, 1.82) is 0 Å². The van der Waals surface area contributed by atoms with E-state index in [-0.39, 0.29) is 24.5 Å². The summed E-state index contributed by atoms with van der Waals surface area (Å²) >= 11 is 1.47. The number of amides is 2. The lowest BCUT2D eigenvalue weighted by Gasteiger charge is -2.25. The number of nitrogens with zero attached hydrogens (tertiary/aromatic N) is 4. The molecule has 2 aliphatic rings. The van der Waals surface area contributed by atoms with E-state index in [4.69, 9.17) is 14.2 Å². The number of fused-ring (bicyclic) bond motifs is 2. The van der Waals surface area contributed by atoms with Gasteiger partial charge in [-0.05, 0) is 76.1 Å². The fourth-order valence-electron chi connectivity index (χ4n) is 4.98. The van der Waals surface area contributed by atoms with Gasteiger partial charge in [0, 0.05) is 29.4 Å². The topological polar surface area (TPSA) is 123 Å². The molecule has 5 rings (SSSR count). The first kappa shape index (κ1) is 29.6. The van der Waals surface area contributed by atoms with Crippen molar-refractivity contribution in [3.05, 3.63) is 48.2 Å². The summed E-state index contributed by atoms with van der Waals surface area (Å²) in [5.74, 6) is 0.496. The van der Waals surface area contributed by atoms with Crippen LogP contribution in [0.2, 0.25) is 0 Å². The van der Waals surface area contributed by atoms with Crippen molar-refractivity contribution >= 4 is 52.1 Å². The van der Waals surface area contributed by atoms with E-state index in [1.165, 1.54) is 11.8 Å². The van der Waals surface area contributed by atoms with E-state index >= 15 is 0 Å². The fourth-order valence-corrected chi connectivity index (χ4v) is 5.77. The number of aromatic nitrogens is 2. The zero-order valence-electron chi connectivity index (χ0n) is 24.2. The monoisotopic (exact) mass is 593 g/mol. The third-order valence-corrected chi connectivity index (χ3v) is 7.87. The predicted molar refractivity (Wildman–Crippen MR) is 160 cm³/mol. The van der Waals surface area contributed by atoms with Crippen LogP contribution in [0.15, 0.2) is 47.5 Å². The van der Waals surface area contributed by atoms with E-state index in [1.807, 2.05) is 56.0 Å². The van der Waals surface area contributed by atoms with Gasteiger partial charge in [0.05, 0.1) is 42.7 Å². The molecule has 0 bridgehead atoms. The van der Waals surface area contributed by atoms with E-state index in [9.17, 15) is 14.4 Å². The second-order valence-electron chi connectivity index (χ2n) is 11.3. The SMILES string of the molecule is COc1ccc2nccc(CN(CCCC3CN(c4ccc5c(c4)NC(=O)CS5)C(=O)O3)CC(=O)OC(C)(C)C)c2n1.